The van der Waals surface area contributed by atoms with Gasteiger partial charge in [-0.2, -0.15) is 10.1 Å². The maximum atomic E-state index is 14.2. The van der Waals surface area contributed by atoms with E-state index in [2.05, 4.69) is 69.9 Å². The third-order valence-corrected chi connectivity index (χ3v) is 6.81. The summed E-state index contributed by atoms with van der Waals surface area (Å²) in [6.07, 6.45) is 0.297. The Hall–Kier alpha value is -2.34. The minimum atomic E-state index is -0.758. The van der Waals surface area contributed by atoms with Crippen molar-refractivity contribution in [1.29, 1.82) is 0 Å². The first-order chi connectivity index (χ1) is 15.2. The molecule has 0 aromatic carbocycles. The first kappa shape index (κ1) is 22.8. The Bertz CT molecular complexity index is 967. The van der Waals surface area contributed by atoms with E-state index in [9.17, 15) is 9.50 Å². The van der Waals surface area contributed by atoms with Gasteiger partial charge in [-0.1, -0.05) is 6.92 Å². The van der Waals surface area contributed by atoms with Crippen molar-refractivity contribution in [2.24, 2.45) is 0 Å². The minimum absolute atomic E-state index is 0.0129. The lowest BCUT2D eigenvalue weighted by molar-refractivity contribution is -0.179. The second kappa shape index (κ2) is 8.54. The Morgan fingerprint density at radius 1 is 1.31 bits per heavy atom. The molecule has 4 heterocycles. The zero-order valence-electron chi connectivity index (χ0n) is 19.6. The van der Waals surface area contributed by atoms with Crippen molar-refractivity contribution in [3.05, 3.63) is 23.3 Å². The van der Waals surface area contributed by atoms with Crippen molar-refractivity contribution in [2.45, 2.75) is 65.1 Å². The summed E-state index contributed by atoms with van der Waals surface area (Å²) in [5, 5.41) is 21.8. The van der Waals surface area contributed by atoms with Gasteiger partial charge in [0.15, 0.2) is 23.8 Å². The molecule has 1 unspecified atom stereocenters. The number of aromatic amines is 1. The molecule has 2 aliphatic rings. The van der Waals surface area contributed by atoms with E-state index in [0.717, 1.165) is 37.1 Å². The molecule has 0 radical (unpaired) electrons. The highest BCUT2D eigenvalue weighted by Gasteiger charge is 2.47. The van der Waals surface area contributed by atoms with Gasteiger partial charge in [-0.3, -0.25) is 19.8 Å². The van der Waals surface area contributed by atoms with Crippen LogP contribution in [0.3, 0.4) is 0 Å². The van der Waals surface area contributed by atoms with Crippen LogP contribution in [0.4, 0.5) is 16.0 Å². The number of piperazine rings is 1. The molecule has 4 rings (SSSR count). The van der Waals surface area contributed by atoms with Crippen molar-refractivity contribution < 1.29 is 14.2 Å². The van der Waals surface area contributed by atoms with Crippen LogP contribution in [0.25, 0.3) is 0 Å². The Kier molecular flexibility index (Phi) is 6.10. The number of methoxy groups -OCH3 is 1. The molecule has 2 aliphatic heterocycles. The number of fused-ring (bicyclic) bond motifs is 1. The SMILES string of the molecule is CCN1C[C@H](C)N(C(O)N2Cc3c(Nc4nc(OC)ncc4F)n[nH]c3C2(C)C)C[C@H]1C. The highest BCUT2D eigenvalue weighted by atomic mass is 19.1. The molecule has 2 aromatic heterocycles. The molecule has 32 heavy (non-hydrogen) atoms. The van der Waals surface area contributed by atoms with Crippen molar-refractivity contribution >= 4 is 11.6 Å². The largest absolute Gasteiger partial charge is 0.467 e. The molecule has 2 aromatic rings. The van der Waals surface area contributed by atoms with Crippen LogP contribution in [0.2, 0.25) is 0 Å². The smallest absolute Gasteiger partial charge is 0.318 e. The number of H-pyrrole nitrogens is 1. The van der Waals surface area contributed by atoms with Gasteiger partial charge >= 0.3 is 6.01 Å². The number of ether oxygens (including phenoxy) is 1. The highest BCUT2D eigenvalue weighted by Crippen LogP contribution is 2.43. The first-order valence-corrected chi connectivity index (χ1v) is 11.0. The summed E-state index contributed by atoms with van der Waals surface area (Å²) in [4.78, 5) is 14.4. The Morgan fingerprint density at radius 3 is 2.75 bits per heavy atom. The van der Waals surface area contributed by atoms with Crippen LogP contribution in [0.5, 0.6) is 6.01 Å². The van der Waals surface area contributed by atoms with Crippen LogP contribution >= 0.6 is 0 Å². The van der Waals surface area contributed by atoms with Crippen molar-refractivity contribution in [2.75, 3.05) is 32.1 Å². The van der Waals surface area contributed by atoms with Gasteiger partial charge in [0.05, 0.1) is 24.5 Å². The van der Waals surface area contributed by atoms with Crippen molar-refractivity contribution in [3.63, 3.8) is 0 Å². The molecule has 0 bridgehead atoms. The van der Waals surface area contributed by atoms with Gasteiger partial charge < -0.3 is 15.2 Å². The monoisotopic (exact) mass is 448 g/mol. The van der Waals surface area contributed by atoms with Crippen LogP contribution in [0.15, 0.2) is 6.20 Å². The van der Waals surface area contributed by atoms with Gasteiger partial charge in [-0.25, -0.2) is 9.37 Å². The molecule has 11 heteroatoms. The molecule has 3 atom stereocenters. The molecule has 10 nitrogen and oxygen atoms in total. The molecular weight excluding hydrogens is 415 g/mol. The number of anilines is 2. The van der Waals surface area contributed by atoms with E-state index in [4.69, 9.17) is 4.74 Å². The van der Waals surface area contributed by atoms with Crippen LogP contribution in [-0.4, -0.2) is 85.2 Å². The first-order valence-electron chi connectivity index (χ1n) is 11.0. The number of nitrogens with zero attached hydrogens (tertiary/aromatic N) is 6. The number of rotatable bonds is 6. The molecular formula is C21H33FN8O2. The summed E-state index contributed by atoms with van der Waals surface area (Å²) < 4.78 is 19.2. The third kappa shape index (κ3) is 3.83. The molecule has 1 saturated heterocycles. The van der Waals surface area contributed by atoms with Crippen LogP contribution in [0, 0.1) is 5.82 Å². The standard InChI is InChI=1S/C21H33FN8O2/c1-7-28-9-13(3)29(10-12(28)2)20(31)30-11-14-16(21(30,4)5)26-27-17(14)24-18-15(22)8-23-19(25-18)32-6/h8,12-13,20,31H,7,9-11H2,1-6H3,(H2,23,24,25,26,27)/t12-,13+,20?/m1/s1. The quantitative estimate of drug-likeness (QED) is 0.610. The fourth-order valence-corrected chi connectivity index (χ4v) is 4.83. The number of hydrogen-bond donors (Lipinski definition) is 3. The van der Waals surface area contributed by atoms with E-state index < -0.39 is 17.7 Å². The Balaban J connectivity index is 1.56. The number of aromatic nitrogens is 4. The van der Waals surface area contributed by atoms with Crippen molar-refractivity contribution in [1.82, 2.24) is 34.9 Å². The average molecular weight is 449 g/mol. The van der Waals surface area contributed by atoms with Crippen LogP contribution in [0.1, 0.15) is 45.9 Å². The number of hydrogen-bond acceptors (Lipinski definition) is 9. The number of nitrogens with one attached hydrogen (secondary N) is 2. The van der Waals surface area contributed by atoms with Gasteiger partial charge in [-0.15, -0.1) is 0 Å². The fraction of sp³-hybridized carbons (Fsp3) is 0.667. The summed E-state index contributed by atoms with van der Waals surface area (Å²) >= 11 is 0. The lowest BCUT2D eigenvalue weighted by atomic mass is 10.0. The normalized spacial score (nSPS) is 25.0. The number of aliphatic hydroxyl groups excluding tert-OH is 1. The van der Waals surface area contributed by atoms with Gasteiger partial charge in [0.25, 0.3) is 0 Å². The Labute approximate surface area is 187 Å². The van der Waals surface area contributed by atoms with E-state index in [0.29, 0.717) is 18.4 Å². The molecule has 0 aliphatic carbocycles. The minimum Gasteiger partial charge on any atom is -0.467 e. The van der Waals surface area contributed by atoms with E-state index >= 15 is 0 Å². The summed E-state index contributed by atoms with van der Waals surface area (Å²) in [5.41, 5.74) is 1.27. The molecule has 3 N–H and O–H groups in total. The van der Waals surface area contributed by atoms with E-state index in [1.807, 2.05) is 4.90 Å². The maximum absolute atomic E-state index is 14.2. The molecule has 0 saturated carbocycles. The van der Waals surface area contributed by atoms with Crippen LogP contribution in [-0.2, 0) is 12.1 Å². The fourth-order valence-electron chi connectivity index (χ4n) is 4.83. The summed E-state index contributed by atoms with van der Waals surface area (Å²) in [6.45, 7) is 13.8. The van der Waals surface area contributed by atoms with Gasteiger partial charge in [0, 0.05) is 37.3 Å². The average Bonchev–Trinajstić information content (AvgIpc) is 3.28. The third-order valence-electron chi connectivity index (χ3n) is 6.81. The van der Waals surface area contributed by atoms with Gasteiger partial charge in [-0.05, 0) is 34.2 Å². The number of likely N-dealkylation sites (N-methyl/N-ethyl adjacent to an activating group) is 1. The molecule has 0 amide bonds. The highest BCUT2D eigenvalue weighted by molar-refractivity contribution is 5.59. The Morgan fingerprint density at radius 2 is 2.06 bits per heavy atom. The lowest BCUT2D eigenvalue weighted by Crippen LogP contribution is -2.63. The number of aliphatic hydroxyl groups is 1. The summed E-state index contributed by atoms with van der Waals surface area (Å²) in [5.74, 6) is -0.144. The molecule has 0 spiro atoms. The predicted octanol–water partition coefficient (Wildman–Crippen LogP) is 1.83. The maximum Gasteiger partial charge on any atom is 0.318 e. The van der Waals surface area contributed by atoms with Crippen molar-refractivity contribution in [3.8, 4) is 6.01 Å². The van der Waals surface area contributed by atoms with E-state index in [1.54, 1.807) is 0 Å². The second-order valence-corrected chi connectivity index (χ2v) is 9.12. The van der Waals surface area contributed by atoms with E-state index in [-0.39, 0.29) is 17.9 Å². The van der Waals surface area contributed by atoms with E-state index in [1.165, 1.54) is 7.11 Å². The van der Waals surface area contributed by atoms with Crippen LogP contribution < -0.4 is 10.1 Å². The lowest BCUT2D eigenvalue weighted by Gasteiger charge is -2.49. The predicted molar refractivity (Wildman–Crippen MR) is 118 cm³/mol. The topological polar surface area (TPSA) is 106 Å². The molecule has 1 fully saturated rings. The summed E-state index contributed by atoms with van der Waals surface area (Å²) in [7, 11) is 1.42. The van der Waals surface area contributed by atoms with Gasteiger partial charge in [0.1, 0.15) is 0 Å². The summed E-state index contributed by atoms with van der Waals surface area (Å²) in [6, 6.07) is 0.644. The second-order valence-electron chi connectivity index (χ2n) is 9.12. The van der Waals surface area contributed by atoms with Gasteiger partial charge in [0.2, 0.25) is 0 Å². The molecule has 176 valence electrons. The zero-order chi connectivity index (χ0) is 23.2. The number of halogens is 1. The zero-order valence-corrected chi connectivity index (χ0v) is 19.6.